The van der Waals surface area contributed by atoms with Gasteiger partial charge in [-0.3, -0.25) is 9.59 Å². The summed E-state index contributed by atoms with van der Waals surface area (Å²) in [5.74, 6) is -0.256. The van der Waals surface area contributed by atoms with Crippen LogP contribution in [-0.4, -0.2) is 41.5 Å². The van der Waals surface area contributed by atoms with E-state index in [1.165, 1.54) is 0 Å². The van der Waals surface area contributed by atoms with E-state index in [0.29, 0.717) is 23.7 Å². The van der Waals surface area contributed by atoms with E-state index in [2.05, 4.69) is 10.5 Å². The standard InChI is InChI=1S/C15H14ClN3O3/c1-19-8-11(6-14(19)20)17-15(21)13-7-12(18-22-13)9-3-2-4-10(16)5-9/h2-5,7,11H,6,8H2,1H3,(H,17,21)/t11-/m0/s1. The lowest BCUT2D eigenvalue weighted by Crippen LogP contribution is -2.36. The number of carbonyl (C=O) groups excluding carboxylic acids is 2. The molecule has 0 spiro atoms. The maximum absolute atomic E-state index is 12.1. The molecule has 6 nitrogen and oxygen atoms in total. The molecule has 0 radical (unpaired) electrons. The topological polar surface area (TPSA) is 75.4 Å². The molecule has 1 aromatic carbocycles. The van der Waals surface area contributed by atoms with Crippen molar-refractivity contribution in [3.05, 3.63) is 41.1 Å². The molecule has 1 fully saturated rings. The SMILES string of the molecule is CN1C[C@@H](NC(=O)c2cc(-c3cccc(Cl)c3)no2)CC1=O. The van der Waals surface area contributed by atoms with Crippen molar-refractivity contribution in [3.8, 4) is 11.3 Å². The molecule has 1 N–H and O–H groups in total. The predicted octanol–water partition coefficient (Wildman–Crippen LogP) is 1.96. The average Bonchev–Trinajstić information content (AvgIpc) is 3.07. The number of likely N-dealkylation sites (tertiary alicyclic amines) is 1. The van der Waals surface area contributed by atoms with Crippen LogP contribution >= 0.6 is 11.6 Å². The third-order valence-electron chi connectivity index (χ3n) is 3.53. The molecule has 0 unspecified atom stereocenters. The van der Waals surface area contributed by atoms with Crippen LogP contribution < -0.4 is 5.32 Å². The number of rotatable bonds is 3. The number of nitrogens with zero attached hydrogens (tertiary/aromatic N) is 2. The molecule has 1 aliphatic rings. The number of likely N-dealkylation sites (N-methyl/N-ethyl adjacent to an activating group) is 1. The van der Waals surface area contributed by atoms with Gasteiger partial charge in [0.15, 0.2) is 0 Å². The minimum atomic E-state index is -0.381. The van der Waals surface area contributed by atoms with Crippen LogP contribution in [0.5, 0.6) is 0 Å². The number of halogens is 1. The second kappa shape index (κ2) is 5.81. The van der Waals surface area contributed by atoms with E-state index in [0.717, 1.165) is 5.56 Å². The molecular formula is C15H14ClN3O3. The molecule has 3 rings (SSSR count). The molecule has 7 heteroatoms. The zero-order valence-electron chi connectivity index (χ0n) is 11.9. The summed E-state index contributed by atoms with van der Waals surface area (Å²) in [7, 11) is 1.71. The first kappa shape index (κ1) is 14.6. The van der Waals surface area contributed by atoms with Crippen LogP contribution in [0.1, 0.15) is 17.0 Å². The van der Waals surface area contributed by atoms with Crippen molar-refractivity contribution in [1.29, 1.82) is 0 Å². The van der Waals surface area contributed by atoms with Gasteiger partial charge in [-0.1, -0.05) is 28.9 Å². The molecule has 0 aliphatic carbocycles. The largest absolute Gasteiger partial charge is 0.350 e. The highest BCUT2D eigenvalue weighted by Gasteiger charge is 2.29. The summed E-state index contributed by atoms with van der Waals surface area (Å²) >= 11 is 5.93. The van der Waals surface area contributed by atoms with Crippen LogP contribution in [-0.2, 0) is 4.79 Å². The summed E-state index contributed by atoms with van der Waals surface area (Å²) in [5, 5.41) is 7.23. The van der Waals surface area contributed by atoms with E-state index in [9.17, 15) is 9.59 Å². The first-order valence-electron chi connectivity index (χ1n) is 6.80. The molecule has 1 aromatic heterocycles. The second-order valence-electron chi connectivity index (χ2n) is 5.24. The summed E-state index contributed by atoms with van der Waals surface area (Å²) < 4.78 is 5.08. The fourth-order valence-corrected chi connectivity index (χ4v) is 2.57. The van der Waals surface area contributed by atoms with Gasteiger partial charge in [-0.25, -0.2) is 0 Å². The smallest absolute Gasteiger partial charge is 0.290 e. The number of benzene rings is 1. The van der Waals surface area contributed by atoms with Crippen molar-refractivity contribution in [2.24, 2.45) is 0 Å². The van der Waals surface area contributed by atoms with Gasteiger partial charge in [0.05, 0.1) is 6.04 Å². The van der Waals surface area contributed by atoms with Gasteiger partial charge in [0.2, 0.25) is 11.7 Å². The highest BCUT2D eigenvalue weighted by molar-refractivity contribution is 6.30. The molecule has 1 atom stereocenters. The predicted molar refractivity (Wildman–Crippen MR) is 80.5 cm³/mol. The van der Waals surface area contributed by atoms with Crippen molar-refractivity contribution in [3.63, 3.8) is 0 Å². The van der Waals surface area contributed by atoms with Gasteiger partial charge in [0.1, 0.15) is 5.69 Å². The number of hydrogen-bond acceptors (Lipinski definition) is 4. The van der Waals surface area contributed by atoms with E-state index in [1.807, 2.05) is 6.07 Å². The third-order valence-corrected chi connectivity index (χ3v) is 3.77. The third kappa shape index (κ3) is 2.96. The van der Waals surface area contributed by atoms with Gasteiger partial charge >= 0.3 is 0 Å². The lowest BCUT2D eigenvalue weighted by atomic mass is 10.1. The lowest BCUT2D eigenvalue weighted by molar-refractivity contribution is -0.126. The van der Waals surface area contributed by atoms with Gasteiger partial charge in [-0.15, -0.1) is 0 Å². The van der Waals surface area contributed by atoms with Crippen molar-refractivity contribution < 1.29 is 14.1 Å². The molecular weight excluding hydrogens is 306 g/mol. The van der Waals surface area contributed by atoms with Gasteiger partial charge in [-0.2, -0.15) is 0 Å². The van der Waals surface area contributed by atoms with Crippen molar-refractivity contribution in [1.82, 2.24) is 15.4 Å². The van der Waals surface area contributed by atoms with Crippen LogP contribution in [0.4, 0.5) is 0 Å². The zero-order chi connectivity index (χ0) is 15.7. The number of amides is 2. The maximum Gasteiger partial charge on any atom is 0.290 e. The summed E-state index contributed by atoms with van der Waals surface area (Å²) in [6, 6.07) is 8.48. The molecule has 2 heterocycles. The molecule has 114 valence electrons. The minimum absolute atomic E-state index is 0.0162. The molecule has 1 aliphatic heterocycles. The average molecular weight is 320 g/mol. The Hall–Kier alpha value is -2.34. The monoisotopic (exact) mass is 319 g/mol. The number of hydrogen-bond donors (Lipinski definition) is 1. The first-order chi connectivity index (χ1) is 10.5. The van der Waals surface area contributed by atoms with E-state index >= 15 is 0 Å². The van der Waals surface area contributed by atoms with Crippen molar-refractivity contribution in [2.45, 2.75) is 12.5 Å². The van der Waals surface area contributed by atoms with E-state index in [4.69, 9.17) is 16.1 Å². The Kier molecular flexibility index (Phi) is 3.85. The van der Waals surface area contributed by atoms with Gasteiger partial charge < -0.3 is 14.7 Å². The highest BCUT2D eigenvalue weighted by Crippen LogP contribution is 2.22. The van der Waals surface area contributed by atoms with Gasteiger partial charge in [0, 0.05) is 36.7 Å². The van der Waals surface area contributed by atoms with E-state index in [-0.39, 0.29) is 23.6 Å². The summed E-state index contributed by atoms with van der Waals surface area (Å²) in [6.07, 6.45) is 0.303. The van der Waals surface area contributed by atoms with Crippen LogP contribution in [0.15, 0.2) is 34.9 Å². The van der Waals surface area contributed by atoms with Crippen LogP contribution in [0, 0.1) is 0 Å². The van der Waals surface area contributed by atoms with E-state index < -0.39 is 0 Å². The zero-order valence-corrected chi connectivity index (χ0v) is 12.6. The second-order valence-corrected chi connectivity index (χ2v) is 5.67. The summed E-state index contributed by atoms with van der Waals surface area (Å²) in [4.78, 5) is 25.2. The maximum atomic E-state index is 12.1. The molecule has 0 saturated carbocycles. The normalized spacial score (nSPS) is 17.8. The molecule has 22 heavy (non-hydrogen) atoms. The van der Waals surface area contributed by atoms with Crippen molar-refractivity contribution >= 4 is 23.4 Å². The molecule has 0 bridgehead atoms. The fourth-order valence-electron chi connectivity index (χ4n) is 2.38. The summed E-state index contributed by atoms with van der Waals surface area (Å²) in [5.41, 5.74) is 1.30. The first-order valence-corrected chi connectivity index (χ1v) is 7.18. The van der Waals surface area contributed by atoms with Crippen molar-refractivity contribution in [2.75, 3.05) is 13.6 Å². The number of nitrogens with one attached hydrogen (secondary N) is 1. The molecule has 1 saturated heterocycles. The van der Waals surface area contributed by atoms with Crippen LogP contribution in [0.3, 0.4) is 0 Å². The lowest BCUT2D eigenvalue weighted by Gasteiger charge is -2.10. The van der Waals surface area contributed by atoms with Gasteiger partial charge in [-0.05, 0) is 12.1 Å². The Morgan fingerprint density at radius 1 is 1.45 bits per heavy atom. The van der Waals surface area contributed by atoms with Gasteiger partial charge in [0.25, 0.3) is 5.91 Å². The highest BCUT2D eigenvalue weighted by atomic mass is 35.5. The Balaban J connectivity index is 1.71. The Morgan fingerprint density at radius 2 is 2.27 bits per heavy atom. The van der Waals surface area contributed by atoms with E-state index in [1.54, 1.807) is 36.2 Å². The number of carbonyl (C=O) groups is 2. The number of aromatic nitrogens is 1. The van der Waals surface area contributed by atoms with Crippen LogP contribution in [0.25, 0.3) is 11.3 Å². The quantitative estimate of drug-likeness (QED) is 0.938. The van der Waals surface area contributed by atoms with Crippen LogP contribution in [0.2, 0.25) is 5.02 Å². The Bertz CT molecular complexity index is 728. The minimum Gasteiger partial charge on any atom is -0.350 e. The molecule has 2 amide bonds. The Morgan fingerprint density at radius 3 is 2.95 bits per heavy atom. The summed E-state index contributed by atoms with van der Waals surface area (Å²) in [6.45, 7) is 0.500. The Labute approximate surface area is 132 Å². The molecule has 2 aromatic rings. The fraction of sp³-hybridized carbons (Fsp3) is 0.267.